The van der Waals surface area contributed by atoms with Crippen LogP contribution in [0.4, 0.5) is 0 Å². The summed E-state index contributed by atoms with van der Waals surface area (Å²) in [7, 11) is 2.66. The number of nitrogens with one attached hydrogen (secondary N) is 2. The molecule has 0 spiro atoms. The Morgan fingerprint density at radius 3 is 1.46 bits per heavy atom. The number of methoxy groups -OCH3 is 2. The lowest BCUT2D eigenvalue weighted by Crippen LogP contribution is -2.28. The van der Waals surface area contributed by atoms with Crippen LogP contribution in [0, 0.1) is 0 Å². The third kappa shape index (κ3) is 6.29. The topological polar surface area (TPSA) is 101 Å². The number of carbonyl (C=O) groups is 2. The van der Waals surface area contributed by atoms with Gasteiger partial charge in [0.25, 0.3) is 0 Å². The number of esters is 2. The van der Waals surface area contributed by atoms with Crippen LogP contribution in [-0.4, -0.2) is 43.7 Å². The number of hydrogen-bond donors (Lipinski definition) is 2. The van der Waals surface area contributed by atoms with Crippen molar-refractivity contribution in [3.63, 3.8) is 0 Å². The van der Waals surface area contributed by atoms with Crippen LogP contribution in [0.3, 0.4) is 0 Å². The quantitative estimate of drug-likeness (QED) is 0.332. The number of carbonyl (C=O) groups excluding carboxylic acids is 2. The van der Waals surface area contributed by atoms with E-state index >= 15 is 0 Å². The van der Waals surface area contributed by atoms with E-state index in [1.807, 2.05) is 0 Å². The van der Waals surface area contributed by atoms with Crippen molar-refractivity contribution in [2.45, 2.75) is 0 Å². The predicted octanol–water partition coefficient (Wildman–Crippen LogP) is 2.09. The Bertz CT molecular complexity index is 820. The molecule has 0 radical (unpaired) electrons. The predicted molar refractivity (Wildman–Crippen MR) is 110 cm³/mol. The summed E-state index contributed by atoms with van der Waals surface area (Å²) in [5.74, 6) is -0.797. The van der Waals surface area contributed by atoms with Gasteiger partial charge in [-0.15, -0.1) is 0 Å². The fraction of sp³-hybridized carbons (Fsp3) is 0.105. The second-order valence-corrected chi connectivity index (χ2v) is 5.70. The molecular formula is C19H18N4O4S. The molecule has 0 bridgehead atoms. The van der Waals surface area contributed by atoms with Gasteiger partial charge in [0.15, 0.2) is 0 Å². The summed E-state index contributed by atoms with van der Waals surface area (Å²) < 4.78 is 9.27. The lowest BCUT2D eigenvalue weighted by atomic mass is 10.1. The Labute approximate surface area is 167 Å². The van der Waals surface area contributed by atoms with E-state index in [1.54, 1.807) is 61.0 Å². The van der Waals surface area contributed by atoms with Gasteiger partial charge in [0.05, 0.1) is 37.8 Å². The van der Waals surface area contributed by atoms with E-state index in [2.05, 4.69) is 30.5 Å². The number of thiocarbonyl (C=S) groups is 1. The molecule has 0 unspecified atom stereocenters. The average Bonchev–Trinajstić information content (AvgIpc) is 2.73. The van der Waals surface area contributed by atoms with Gasteiger partial charge in [0.2, 0.25) is 5.11 Å². The number of ether oxygens (including phenoxy) is 2. The number of hydrazone groups is 2. The normalized spacial score (nSPS) is 10.6. The van der Waals surface area contributed by atoms with Crippen LogP contribution < -0.4 is 10.9 Å². The molecule has 0 aliphatic heterocycles. The first kappa shape index (κ1) is 20.7. The summed E-state index contributed by atoms with van der Waals surface area (Å²) >= 11 is 5.05. The van der Waals surface area contributed by atoms with Gasteiger partial charge < -0.3 is 9.47 Å². The van der Waals surface area contributed by atoms with E-state index < -0.39 is 11.9 Å². The van der Waals surface area contributed by atoms with Gasteiger partial charge >= 0.3 is 11.9 Å². The van der Waals surface area contributed by atoms with Crippen LogP contribution in [0.25, 0.3) is 0 Å². The summed E-state index contributed by atoms with van der Waals surface area (Å²) in [6, 6.07) is 13.5. The molecule has 0 heterocycles. The maximum atomic E-state index is 11.4. The molecule has 2 rings (SSSR count). The second kappa shape index (κ2) is 10.5. The average molecular weight is 398 g/mol. The van der Waals surface area contributed by atoms with Crippen molar-refractivity contribution in [1.29, 1.82) is 0 Å². The lowest BCUT2D eigenvalue weighted by Gasteiger charge is -2.02. The monoisotopic (exact) mass is 398 g/mol. The molecule has 2 aromatic rings. The Morgan fingerprint density at radius 2 is 1.14 bits per heavy atom. The van der Waals surface area contributed by atoms with Gasteiger partial charge in [-0.3, -0.25) is 10.9 Å². The first-order chi connectivity index (χ1) is 13.5. The third-order valence-electron chi connectivity index (χ3n) is 3.42. The molecule has 0 aromatic heterocycles. The zero-order valence-corrected chi connectivity index (χ0v) is 16.0. The Kier molecular flexibility index (Phi) is 7.79. The van der Waals surface area contributed by atoms with E-state index in [9.17, 15) is 9.59 Å². The van der Waals surface area contributed by atoms with E-state index in [0.717, 1.165) is 11.1 Å². The minimum Gasteiger partial charge on any atom is -0.465 e. The van der Waals surface area contributed by atoms with Crippen molar-refractivity contribution in [1.82, 2.24) is 10.9 Å². The molecule has 2 N–H and O–H groups in total. The first-order valence-electron chi connectivity index (χ1n) is 8.02. The van der Waals surface area contributed by atoms with Crippen molar-refractivity contribution in [2.24, 2.45) is 10.2 Å². The van der Waals surface area contributed by atoms with Crippen molar-refractivity contribution < 1.29 is 19.1 Å². The Balaban J connectivity index is 1.80. The summed E-state index contributed by atoms with van der Waals surface area (Å²) in [6.07, 6.45) is 3.09. The van der Waals surface area contributed by atoms with Gasteiger partial charge in [-0.1, -0.05) is 24.3 Å². The fourth-order valence-electron chi connectivity index (χ4n) is 2.00. The highest BCUT2D eigenvalue weighted by Crippen LogP contribution is 2.04. The summed E-state index contributed by atoms with van der Waals surface area (Å²) in [4.78, 5) is 22.7. The minimum atomic E-state index is -0.398. The van der Waals surface area contributed by atoms with E-state index in [1.165, 1.54) is 14.2 Å². The third-order valence-corrected chi connectivity index (χ3v) is 3.61. The van der Waals surface area contributed by atoms with Crippen LogP contribution in [0.15, 0.2) is 58.7 Å². The maximum absolute atomic E-state index is 11.4. The molecule has 28 heavy (non-hydrogen) atoms. The second-order valence-electron chi connectivity index (χ2n) is 5.30. The molecule has 0 fully saturated rings. The van der Waals surface area contributed by atoms with Gasteiger partial charge in [-0.2, -0.15) is 10.2 Å². The van der Waals surface area contributed by atoms with Crippen LogP contribution in [0.2, 0.25) is 0 Å². The minimum absolute atomic E-state index is 0.199. The molecule has 2 aromatic carbocycles. The van der Waals surface area contributed by atoms with E-state index in [-0.39, 0.29) is 5.11 Å². The van der Waals surface area contributed by atoms with Gasteiger partial charge in [0.1, 0.15) is 0 Å². The molecule has 0 saturated heterocycles. The highest BCUT2D eigenvalue weighted by Gasteiger charge is 2.04. The molecule has 144 valence electrons. The van der Waals surface area contributed by atoms with Gasteiger partial charge in [-0.25, -0.2) is 9.59 Å². The molecule has 0 aliphatic carbocycles. The van der Waals surface area contributed by atoms with Crippen molar-refractivity contribution in [2.75, 3.05) is 14.2 Å². The smallest absolute Gasteiger partial charge is 0.337 e. The van der Waals surface area contributed by atoms with Gasteiger partial charge in [-0.05, 0) is 47.6 Å². The first-order valence-corrected chi connectivity index (χ1v) is 8.43. The van der Waals surface area contributed by atoms with Gasteiger partial charge in [0, 0.05) is 0 Å². The van der Waals surface area contributed by atoms with E-state index in [0.29, 0.717) is 11.1 Å². The Morgan fingerprint density at radius 1 is 0.786 bits per heavy atom. The molecule has 8 nitrogen and oxygen atoms in total. The van der Waals surface area contributed by atoms with Crippen LogP contribution >= 0.6 is 12.2 Å². The fourth-order valence-corrected chi connectivity index (χ4v) is 2.11. The van der Waals surface area contributed by atoms with Crippen molar-refractivity contribution in [3.8, 4) is 0 Å². The molecule has 0 saturated carbocycles. The molecule has 0 aliphatic rings. The number of hydrogen-bond acceptors (Lipinski definition) is 7. The lowest BCUT2D eigenvalue weighted by molar-refractivity contribution is 0.0592. The summed E-state index contributed by atoms with van der Waals surface area (Å²) in [5, 5.41) is 8.16. The van der Waals surface area contributed by atoms with Crippen molar-refractivity contribution in [3.05, 3.63) is 70.8 Å². The summed E-state index contributed by atoms with van der Waals surface area (Å²) in [6.45, 7) is 0. The summed E-state index contributed by atoms with van der Waals surface area (Å²) in [5.41, 5.74) is 7.71. The number of rotatable bonds is 6. The van der Waals surface area contributed by atoms with Crippen LogP contribution in [-0.2, 0) is 9.47 Å². The maximum Gasteiger partial charge on any atom is 0.337 e. The zero-order valence-electron chi connectivity index (χ0n) is 15.2. The van der Waals surface area contributed by atoms with Crippen molar-refractivity contribution >= 4 is 41.7 Å². The highest BCUT2D eigenvalue weighted by atomic mass is 32.1. The SMILES string of the molecule is COC(=O)c1ccc(C=NNC(=S)NN=Cc2ccc(C(=O)OC)cc2)cc1. The molecule has 9 heteroatoms. The molecular weight excluding hydrogens is 380 g/mol. The number of benzene rings is 2. The Hall–Kier alpha value is -3.59. The number of nitrogens with zero attached hydrogens (tertiary/aromatic N) is 2. The zero-order chi connectivity index (χ0) is 20.4. The highest BCUT2D eigenvalue weighted by molar-refractivity contribution is 7.80. The largest absolute Gasteiger partial charge is 0.465 e. The standard InChI is InChI=1S/C19H18N4O4S/c1-26-17(24)15-7-3-13(4-8-15)11-20-22-19(28)23-21-12-14-5-9-16(10-6-14)18(25)27-2/h3-12H,1-2H3,(H2,22,23,28). The van der Waals surface area contributed by atoms with Crippen LogP contribution in [0.1, 0.15) is 31.8 Å². The molecule has 0 amide bonds. The molecule has 0 atom stereocenters. The van der Waals surface area contributed by atoms with E-state index in [4.69, 9.17) is 12.2 Å². The van der Waals surface area contributed by atoms with Crippen LogP contribution in [0.5, 0.6) is 0 Å².